The van der Waals surface area contributed by atoms with Crippen LogP contribution >= 0.6 is 0 Å². The molecule has 3 N–H and O–H groups in total. The lowest BCUT2D eigenvalue weighted by Crippen LogP contribution is -2.50. The molecule has 4 aromatic rings. The van der Waals surface area contributed by atoms with E-state index in [-0.39, 0.29) is 36.3 Å². The van der Waals surface area contributed by atoms with Crippen LogP contribution in [-0.2, 0) is 34.1 Å². The molecule has 52 heavy (non-hydrogen) atoms. The largest absolute Gasteiger partial charge is 0.421 e. The van der Waals surface area contributed by atoms with Gasteiger partial charge in [0.25, 0.3) is 0 Å². The van der Waals surface area contributed by atoms with Gasteiger partial charge in [0.2, 0.25) is 21.9 Å². The van der Waals surface area contributed by atoms with E-state index in [0.29, 0.717) is 25.0 Å². The van der Waals surface area contributed by atoms with Crippen LogP contribution in [0.25, 0.3) is 0 Å². The van der Waals surface area contributed by atoms with Crippen molar-refractivity contribution in [2.75, 3.05) is 70.8 Å². The number of carbonyl (C=O) groups is 2. The number of halogens is 3. The standard InChI is InChI=1S/C33H36F3N11O4S/c1-44(52(2,50)51)30-26(37-12-13-38-30)20-39-29-25(33(34,35)36)19-40-31(43-29)41-23-7-9-24(10-8-23)46-17-15-45(16-18-46)21-22-5-3-4-6-27(22)47-14-11-28(48)42-32(47)49/h3-10,12-13,19H,11,14-18,20-21H2,1-2H3,(H,42,48,49)(H2,39,40,41,43). The van der Waals surface area contributed by atoms with Gasteiger partial charge in [0, 0.05) is 88.4 Å². The molecule has 15 nitrogen and oxygen atoms in total. The first-order valence-electron chi connectivity index (χ1n) is 16.2. The minimum atomic E-state index is -4.77. The molecule has 2 fully saturated rings. The summed E-state index contributed by atoms with van der Waals surface area (Å²) < 4.78 is 66.6. The Morgan fingerprint density at radius 2 is 1.65 bits per heavy atom. The van der Waals surface area contributed by atoms with Gasteiger partial charge in [-0.05, 0) is 35.9 Å². The number of hydrogen-bond donors (Lipinski definition) is 3. The van der Waals surface area contributed by atoms with Crippen LogP contribution in [0.5, 0.6) is 0 Å². The first-order chi connectivity index (χ1) is 24.8. The van der Waals surface area contributed by atoms with E-state index in [1.54, 1.807) is 17.0 Å². The van der Waals surface area contributed by atoms with Crippen LogP contribution in [0.1, 0.15) is 23.2 Å². The van der Waals surface area contributed by atoms with E-state index in [4.69, 9.17) is 0 Å². The topological polar surface area (TPSA) is 169 Å². The highest BCUT2D eigenvalue weighted by Crippen LogP contribution is 2.35. The van der Waals surface area contributed by atoms with Crippen molar-refractivity contribution in [2.24, 2.45) is 0 Å². The number of carbonyl (C=O) groups excluding carboxylic acids is 2. The van der Waals surface area contributed by atoms with E-state index in [2.05, 4.69) is 45.7 Å². The Morgan fingerprint density at radius 3 is 2.35 bits per heavy atom. The predicted octanol–water partition coefficient (Wildman–Crippen LogP) is 3.81. The smallest absolute Gasteiger partial charge is 0.369 e. The molecule has 2 saturated heterocycles. The lowest BCUT2D eigenvalue weighted by Gasteiger charge is -2.37. The average Bonchev–Trinajstić information content (AvgIpc) is 3.11. The molecular weight excluding hydrogens is 703 g/mol. The van der Waals surface area contributed by atoms with E-state index >= 15 is 0 Å². The van der Waals surface area contributed by atoms with Gasteiger partial charge in [0.1, 0.15) is 17.1 Å². The number of para-hydroxylation sites is 1. The summed E-state index contributed by atoms with van der Waals surface area (Å²) in [5, 5.41) is 7.96. The van der Waals surface area contributed by atoms with Crippen molar-refractivity contribution in [1.82, 2.24) is 30.2 Å². The van der Waals surface area contributed by atoms with E-state index < -0.39 is 33.6 Å². The molecule has 0 saturated carbocycles. The zero-order valence-corrected chi connectivity index (χ0v) is 29.1. The number of sulfonamides is 1. The summed E-state index contributed by atoms with van der Waals surface area (Å²) in [6, 6.07) is 14.7. The van der Waals surface area contributed by atoms with Gasteiger partial charge in [0.15, 0.2) is 5.82 Å². The van der Waals surface area contributed by atoms with Crippen LogP contribution in [0.2, 0.25) is 0 Å². The third kappa shape index (κ3) is 8.48. The van der Waals surface area contributed by atoms with Crippen molar-refractivity contribution >= 4 is 56.6 Å². The van der Waals surface area contributed by atoms with Gasteiger partial charge in [0.05, 0.1) is 12.8 Å². The fraction of sp³-hybridized carbons (Fsp3) is 0.333. The summed E-state index contributed by atoms with van der Waals surface area (Å²) in [7, 11) is -2.43. The molecule has 2 aliphatic rings. The number of piperazine rings is 1. The molecule has 0 bridgehead atoms. The van der Waals surface area contributed by atoms with Crippen molar-refractivity contribution in [3.8, 4) is 0 Å². The van der Waals surface area contributed by atoms with Crippen molar-refractivity contribution in [3.05, 3.63) is 83.9 Å². The van der Waals surface area contributed by atoms with Crippen LogP contribution < -0.4 is 30.1 Å². The van der Waals surface area contributed by atoms with Crippen LogP contribution in [-0.4, -0.2) is 91.2 Å². The summed E-state index contributed by atoms with van der Waals surface area (Å²) in [5.74, 6) is -0.913. The summed E-state index contributed by atoms with van der Waals surface area (Å²) in [6.45, 7) is 3.72. The molecule has 274 valence electrons. The van der Waals surface area contributed by atoms with Crippen molar-refractivity contribution in [3.63, 3.8) is 0 Å². The summed E-state index contributed by atoms with van der Waals surface area (Å²) in [6.07, 6.45) is -0.274. The van der Waals surface area contributed by atoms with E-state index in [9.17, 15) is 31.2 Å². The van der Waals surface area contributed by atoms with Crippen LogP contribution in [0.3, 0.4) is 0 Å². The van der Waals surface area contributed by atoms with Crippen molar-refractivity contribution < 1.29 is 31.2 Å². The second kappa shape index (κ2) is 15.0. The fourth-order valence-electron chi connectivity index (χ4n) is 5.85. The maximum absolute atomic E-state index is 13.9. The Hall–Kier alpha value is -5.56. The molecule has 6 rings (SSSR count). The van der Waals surface area contributed by atoms with E-state index in [1.165, 1.54) is 19.4 Å². The van der Waals surface area contributed by atoms with E-state index in [0.717, 1.165) is 53.7 Å². The third-order valence-corrected chi connectivity index (χ3v) is 9.82. The lowest BCUT2D eigenvalue weighted by molar-refractivity contribution is -0.137. The minimum absolute atomic E-state index is 0.0340. The van der Waals surface area contributed by atoms with Gasteiger partial charge in [-0.25, -0.2) is 23.2 Å². The van der Waals surface area contributed by atoms with Crippen molar-refractivity contribution in [2.45, 2.75) is 25.7 Å². The lowest BCUT2D eigenvalue weighted by atomic mass is 10.1. The maximum Gasteiger partial charge on any atom is 0.421 e. The van der Waals surface area contributed by atoms with Gasteiger partial charge in [-0.1, -0.05) is 18.2 Å². The number of alkyl halides is 3. The first-order valence-corrected chi connectivity index (χ1v) is 18.1. The number of anilines is 6. The molecule has 2 aliphatic heterocycles. The van der Waals surface area contributed by atoms with Crippen molar-refractivity contribution in [1.29, 1.82) is 0 Å². The number of benzene rings is 2. The highest BCUT2D eigenvalue weighted by atomic mass is 32.2. The number of urea groups is 1. The van der Waals surface area contributed by atoms with Gasteiger partial charge in [-0.3, -0.25) is 29.2 Å². The Morgan fingerprint density at radius 1 is 0.942 bits per heavy atom. The molecule has 2 aromatic heterocycles. The molecule has 0 atom stereocenters. The second-order valence-electron chi connectivity index (χ2n) is 12.2. The molecule has 3 amide bonds. The minimum Gasteiger partial charge on any atom is -0.369 e. The Kier molecular flexibility index (Phi) is 10.4. The number of aromatic nitrogens is 4. The average molecular weight is 740 g/mol. The Balaban J connectivity index is 1.08. The zero-order chi connectivity index (χ0) is 37.0. The molecule has 2 aromatic carbocycles. The highest BCUT2D eigenvalue weighted by molar-refractivity contribution is 7.92. The highest BCUT2D eigenvalue weighted by Gasteiger charge is 2.35. The van der Waals surface area contributed by atoms with Crippen LogP contribution in [0.4, 0.5) is 52.6 Å². The van der Waals surface area contributed by atoms with Crippen LogP contribution in [0, 0.1) is 0 Å². The number of hydrogen-bond acceptors (Lipinski definition) is 12. The zero-order valence-electron chi connectivity index (χ0n) is 28.3. The molecule has 19 heteroatoms. The van der Waals surface area contributed by atoms with Gasteiger partial charge < -0.3 is 15.5 Å². The molecule has 4 heterocycles. The number of rotatable bonds is 11. The third-order valence-electron chi connectivity index (χ3n) is 8.66. The molecule has 0 unspecified atom stereocenters. The second-order valence-corrected chi connectivity index (χ2v) is 14.2. The molecular formula is C33H36F3N11O4S. The van der Waals surface area contributed by atoms with Gasteiger partial charge >= 0.3 is 12.2 Å². The number of nitrogens with zero attached hydrogens (tertiary/aromatic N) is 8. The number of imide groups is 1. The first kappa shape index (κ1) is 36.2. The molecule has 0 radical (unpaired) electrons. The van der Waals surface area contributed by atoms with Gasteiger partial charge in [-0.15, -0.1) is 0 Å². The number of nitrogens with one attached hydrogen (secondary N) is 3. The molecule has 0 aliphatic carbocycles. The SMILES string of the molecule is CN(c1nccnc1CNc1nc(Nc2ccc(N3CCN(Cc4ccccc4N4CCC(=O)NC4=O)CC3)cc2)ncc1C(F)(F)F)S(C)(=O)=O. The fourth-order valence-corrected chi connectivity index (χ4v) is 6.31. The quantitative estimate of drug-likeness (QED) is 0.204. The van der Waals surface area contributed by atoms with Crippen LogP contribution in [0.15, 0.2) is 67.1 Å². The predicted molar refractivity (Wildman–Crippen MR) is 189 cm³/mol. The molecule has 0 spiro atoms. The van der Waals surface area contributed by atoms with E-state index in [1.807, 2.05) is 36.4 Å². The summed E-state index contributed by atoms with van der Waals surface area (Å²) >= 11 is 0. The summed E-state index contributed by atoms with van der Waals surface area (Å²) in [4.78, 5) is 46.3. The Bertz CT molecular complexity index is 2040. The number of amides is 3. The Labute approximate surface area is 297 Å². The normalized spacial score (nSPS) is 15.7. The summed E-state index contributed by atoms with van der Waals surface area (Å²) in [5.41, 5.74) is 2.30. The monoisotopic (exact) mass is 739 g/mol. The van der Waals surface area contributed by atoms with Gasteiger partial charge in [-0.2, -0.15) is 18.2 Å². The maximum atomic E-state index is 13.9.